The Labute approximate surface area is 307 Å². The SMILES string of the molecule is CO[C@]1(C)C[C@@H](C)CN(C)[C@@H](C(=O)N2CCN(C(=O)c3cccc(C)c3)CC2)[C@H](C)OCC(C)(C)C[C@@H](C)[C@H]1O[C@@H]1O[C@H](C)C[C@H](N(C)C)[C@H]1O. The number of aliphatic hydroxyl groups excluding tert-OH is 1. The fourth-order valence-corrected chi connectivity index (χ4v) is 8.87. The van der Waals surface area contributed by atoms with E-state index in [1.54, 1.807) is 7.11 Å². The van der Waals surface area contributed by atoms with Gasteiger partial charge in [-0.15, -0.1) is 0 Å². The van der Waals surface area contributed by atoms with Gasteiger partial charge in [0.1, 0.15) is 12.1 Å². The van der Waals surface area contributed by atoms with Crippen molar-refractivity contribution in [3.05, 3.63) is 35.4 Å². The lowest BCUT2D eigenvalue weighted by Crippen LogP contribution is -2.59. The Kier molecular flexibility index (Phi) is 14.2. The summed E-state index contributed by atoms with van der Waals surface area (Å²) in [5.74, 6) is 0.206. The van der Waals surface area contributed by atoms with Gasteiger partial charge in [-0.2, -0.15) is 0 Å². The molecule has 1 aromatic rings. The smallest absolute Gasteiger partial charge is 0.253 e. The average molecular weight is 717 g/mol. The molecule has 11 heteroatoms. The molecule has 0 bridgehead atoms. The van der Waals surface area contributed by atoms with Crippen LogP contribution in [0.4, 0.5) is 0 Å². The molecular weight excluding hydrogens is 648 g/mol. The van der Waals surface area contributed by atoms with E-state index in [1.165, 1.54) is 0 Å². The summed E-state index contributed by atoms with van der Waals surface area (Å²) in [4.78, 5) is 35.5. The summed E-state index contributed by atoms with van der Waals surface area (Å²) in [5.41, 5.74) is 0.787. The molecule has 3 fully saturated rings. The van der Waals surface area contributed by atoms with Crippen LogP contribution in [0.2, 0.25) is 0 Å². The van der Waals surface area contributed by atoms with Crippen molar-refractivity contribution < 1.29 is 33.6 Å². The Balaban J connectivity index is 1.54. The predicted octanol–water partition coefficient (Wildman–Crippen LogP) is 4.29. The molecular formula is C40H68N4O7. The predicted molar refractivity (Wildman–Crippen MR) is 200 cm³/mol. The standard InChI is InChI=1S/C40H68N4O7/c1-26-14-13-15-31(20-26)36(46)43-16-18-44(19-17-43)37(47)33-30(5)49-25-39(6,7)23-28(3)35(40(8,48-12)22-27(2)24-42(33)11)51-38-34(45)32(41(9)10)21-29(4)50-38/h13-15,20,27-30,32-35,38,45H,16-19,21-25H2,1-12H3/t27-,28-,29-,30+,32+,33-,34-,35-,38+,40-/m1/s1. The van der Waals surface area contributed by atoms with Gasteiger partial charge in [0.25, 0.3) is 5.91 Å². The monoisotopic (exact) mass is 717 g/mol. The maximum absolute atomic E-state index is 14.4. The van der Waals surface area contributed by atoms with E-state index >= 15 is 0 Å². The number of rotatable bonds is 6. The molecule has 0 saturated carbocycles. The molecule has 1 N–H and O–H groups in total. The molecule has 0 aromatic heterocycles. The van der Waals surface area contributed by atoms with Gasteiger partial charge in [0, 0.05) is 51.4 Å². The van der Waals surface area contributed by atoms with Crippen LogP contribution in [-0.2, 0) is 23.7 Å². The van der Waals surface area contributed by atoms with E-state index in [1.807, 2.05) is 80.9 Å². The first-order valence-corrected chi connectivity index (χ1v) is 19.0. The molecule has 3 aliphatic heterocycles. The Morgan fingerprint density at radius 2 is 1.65 bits per heavy atom. The highest BCUT2D eigenvalue weighted by atomic mass is 16.7. The summed E-state index contributed by atoms with van der Waals surface area (Å²) in [5, 5.41) is 11.4. The molecule has 11 nitrogen and oxygen atoms in total. The molecule has 51 heavy (non-hydrogen) atoms. The molecule has 3 heterocycles. The molecule has 0 aliphatic carbocycles. The minimum atomic E-state index is -0.802. The fourth-order valence-electron chi connectivity index (χ4n) is 8.87. The molecule has 4 rings (SSSR count). The molecule has 0 spiro atoms. The van der Waals surface area contributed by atoms with E-state index in [-0.39, 0.29) is 53.4 Å². The molecule has 290 valence electrons. The Bertz CT molecular complexity index is 1300. The van der Waals surface area contributed by atoms with E-state index in [9.17, 15) is 14.7 Å². The number of hydrogen-bond donors (Lipinski definition) is 1. The van der Waals surface area contributed by atoms with Gasteiger partial charge < -0.3 is 38.8 Å². The highest BCUT2D eigenvalue weighted by Crippen LogP contribution is 2.39. The van der Waals surface area contributed by atoms with E-state index in [2.05, 4.69) is 39.5 Å². The lowest BCUT2D eigenvalue weighted by molar-refractivity contribution is -0.298. The van der Waals surface area contributed by atoms with Crippen molar-refractivity contribution in [2.45, 2.75) is 123 Å². The lowest BCUT2D eigenvalue weighted by atomic mass is 9.75. The van der Waals surface area contributed by atoms with Crippen LogP contribution in [0.5, 0.6) is 0 Å². The second-order valence-electron chi connectivity index (χ2n) is 17.2. The molecule has 10 atom stereocenters. The Hall–Kier alpha value is -2.12. The molecule has 0 unspecified atom stereocenters. The normalized spacial score (nSPS) is 36.2. The number of amides is 2. The van der Waals surface area contributed by atoms with E-state index in [4.69, 9.17) is 18.9 Å². The second-order valence-corrected chi connectivity index (χ2v) is 17.2. The van der Waals surface area contributed by atoms with E-state index < -0.39 is 24.0 Å². The van der Waals surface area contributed by atoms with Crippen molar-refractivity contribution in [2.75, 3.05) is 67.6 Å². The zero-order chi connectivity index (χ0) is 37.8. The number of hydrogen-bond acceptors (Lipinski definition) is 9. The van der Waals surface area contributed by atoms with Crippen molar-refractivity contribution in [1.29, 1.82) is 0 Å². The van der Waals surface area contributed by atoms with Crippen LogP contribution >= 0.6 is 0 Å². The summed E-state index contributed by atoms with van der Waals surface area (Å²) in [7, 11) is 7.72. The van der Waals surface area contributed by atoms with Gasteiger partial charge in [-0.1, -0.05) is 45.4 Å². The zero-order valence-electron chi connectivity index (χ0n) is 33.6. The molecule has 3 aliphatic rings. The van der Waals surface area contributed by atoms with Gasteiger partial charge >= 0.3 is 0 Å². The lowest BCUT2D eigenvalue weighted by Gasteiger charge is -2.47. The van der Waals surface area contributed by atoms with Crippen molar-refractivity contribution in [3.63, 3.8) is 0 Å². The first kappa shape index (κ1) is 41.6. The second kappa shape index (κ2) is 17.3. The molecule has 2 amide bonds. The minimum absolute atomic E-state index is 0.00652. The fraction of sp³-hybridized carbons (Fsp3) is 0.800. The van der Waals surface area contributed by atoms with Gasteiger partial charge in [0.05, 0.1) is 30.5 Å². The summed E-state index contributed by atoms with van der Waals surface area (Å²) >= 11 is 0. The zero-order valence-corrected chi connectivity index (χ0v) is 33.6. The molecule has 1 aromatic carbocycles. The van der Waals surface area contributed by atoms with Gasteiger partial charge in [0.15, 0.2) is 6.29 Å². The van der Waals surface area contributed by atoms with Crippen LogP contribution in [0.15, 0.2) is 24.3 Å². The first-order valence-electron chi connectivity index (χ1n) is 19.0. The largest absolute Gasteiger partial charge is 0.386 e. The van der Waals surface area contributed by atoms with Crippen LogP contribution < -0.4 is 0 Å². The van der Waals surface area contributed by atoms with Crippen molar-refractivity contribution in [1.82, 2.24) is 19.6 Å². The summed E-state index contributed by atoms with van der Waals surface area (Å²) < 4.78 is 26.1. The van der Waals surface area contributed by atoms with Crippen LogP contribution in [0.1, 0.15) is 83.7 Å². The van der Waals surface area contributed by atoms with Crippen molar-refractivity contribution in [3.8, 4) is 0 Å². The number of aryl methyl sites for hydroxylation is 1. The number of benzene rings is 1. The summed E-state index contributed by atoms with van der Waals surface area (Å²) in [6.07, 6.45) is -0.204. The topological polar surface area (TPSA) is 104 Å². The average Bonchev–Trinajstić information content (AvgIpc) is 3.06. The van der Waals surface area contributed by atoms with Gasteiger partial charge in [-0.05, 0) is 97.5 Å². The van der Waals surface area contributed by atoms with Gasteiger partial charge in [0.2, 0.25) is 5.91 Å². The number of piperazine rings is 1. The molecule has 3 saturated heterocycles. The number of carbonyl (C=O) groups is 2. The number of likely N-dealkylation sites (N-methyl/N-ethyl adjacent to an activating group) is 2. The van der Waals surface area contributed by atoms with Crippen LogP contribution in [0.25, 0.3) is 0 Å². The highest BCUT2D eigenvalue weighted by Gasteiger charge is 2.47. The number of ether oxygens (including phenoxy) is 4. The van der Waals surface area contributed by atoms with Crippen LogP contribution in [0, 0.1) is 24.2 Å². The van der Waals surface area contributed by atoms with Crippen LogP contribution in [0.3, 0.4) is 0 Å². The van der Waals surface area contributed by atoms with Crippen molar-refractivity contribution in [2.24, 2.45) is 17.3 Å². The summed E-state index contributed by atoms with van der Waals surface area (Å²) in [6, 6.07) is 7.10. The van der Waals surface area contributed by atoms with Gasteiger partial charge in [-0.3, -0.25) is 14.5 Å². The third kappa shape index (κ3) is 10.3. The Morgan fingerprint density at radius 1 is 1.00 bits per heavy atom. The highest BCUT2D eigenvalue weighted by molar-refractivity contribution is 5.94. The minimum Gasteiger partial charge on any atom is -0.386 e. The first-order chi connectivity index (χ1) is 23.9. The van der Waals surface area contributed by atoms with E-state index in [0.717, 1.165) is 18.4 Å². The Morgan fingerprint density at radius 3 is 2.25 bits per heavy atom. The maximum atomic E-state index is 14.4. The van der Waals surface area contributed by atoms with E-state index in [0.29, 0.717) is 51.3 Å². The number of methoxy groups -OCH3 is 1. The number of carbonyl (C=O) groups excluding carboxylic acids is 2. The third-order valence-corrected chi connectivity index (χ3v) is 11.4. The third-order valence-electron chi connectivity index (χ3n) is 11.4. The number of aliphatic hydroxyl groups is 1. The quantitative estimate of drug-likeness (QED) is 0.462. The number of nitrogens with zero attached hydrogens (tertiary/aromatic N) is 4. The van der Waals surface area contributed by atoms with Gasteiger partial charge in [-0.25, -0.2) is 0 Å². The molecule has 0 radical (unpaired) electrons. The van der Waals surface area contributed by atoms with Crippen molar-refractivity contribution >= 4 is 11.8 Å². The maximum Gasteiger partial charge on any atom is 0.253 e. The summed E-state index contributed by atoms with van der Waals surface area (Å²) in [6.45, 7) is 20.0. The van der Waals surface area contributed by atoms with Crippen LogP contribution in [-0.4, -0.2) is 152 Å².